The minimum atomic E-state index is 0.666. The van der Waals surface area contributed by atoms with Crippen molar-refractivity contribution in [1.29, 1.82) is 0 Å². The van der Waals surface area contributed by atoms with Gasteiger partial charge in [-0.05, 0) is 38.4 Å². The van der Waals surface area contributed by atoms with E-state index in [0.29, 0.717) is 18.2 Å². The van der Waals surface area contributed by atoms with Crippen LogP contribution >= 0.6 is 0 Å². The predicted molar refractivity (Wildman–Crippen MR) is 72.2 cm³/mol. The van der Waals surface area contributed by atoms with Crippen LogP contribution in [0.2, 0.25) is 0 Å². The van der Waals surface area contributed by atoms with Crippen molar-refractivity contribution in [3.63, 3.8) is 0 Å². The van der Waals surface area contributed by atoms with Crippen molar-refractivity contribution in [3.05, 3.63) is 29.8 Å². The van der Waals surface area contributed by atoms with Crippen molar-refractivity contribution in [3.8, 4) is 5.75 Å². The molecular weight excluding hydrogens is 226 g/mol. The first-order valence-corrected chi connectivity index (χ1v) is 6.71. The van der Waals surface area contributed by atoms with E-state index < -0.39 is 0 Å². The van der Waals surface area contributed by atoms with Crippen molar-refractivity contribution in [1.82, 2.24) is 4.90 Å². The fraction of sp³-hybridized carbons (Fsp3) is 0.533. The molecular formula is C15H21NO2. The Hall–Kier alpha value is -1.35. The summed E-state index contributed by atoms with van der Waals surface area (Å²) in [6.45, 7) is 5.12. The second-order valence-electron chi connectivity index (χ2n) is 4.92. The Bertz CT molecular complexity index is 392. The number of carbonyl (C=O) groups excluding carboxylic acids is 1. The lowest BCUT2D eigenvalue weighted by molar-refractivity contribution is 0.112. The van der Waals surface area contributed by atoms with E-state index in [2.05, 4.69) is 11.8 Å². The van der Waals surface area contributed by atoms with Crippen LogP contribution in [0.3, 0.4) is 0 Å². The number of aldehydes is 1. The van der Waals surface area contributed by atoms with Gasteiger partial charge in [-0.15, -0.1) is 0 Å². The van der Waals surface area contributed by atoms with Crippen LogP contribution in [0.25, 0.3) is 0 Å². The molecule has 2 rings (SSSR count). The molecule has 1 aliphatic rings. The Morgan fingerprint density at radius 1 is 1.44 bits per heavy atom. The molecule has 1 heterocycles. The molecule has 0 bridgehead atoms. The summed E-state index contributed by atoms with van der Waals surface area (Å²) >= 11 is 0. The first kappa shape index (κ1) is 13.1. The summed E-state index contributed by atoms with van der Waals surface area (Å²) in [7, 11) is 0. The number of ether oxygens (including phenoxy) is 1. The molecule has 0 aromatic heterocycles. The largest absolute Gasteiger partial charge is 0.492 e. The second kappa shape index (κ2) is 6.55. The number of rotatable bonds is 5. The summed E-state index contributed by atoms with van der Waals surface area (Å²) in [6.07, 6.45) is 4.78. The molecule has 1 aliphatic heterocycles. The van der Waals surface area contributed by atoms with Crippen LogP contribution in [-0.4, -0.2) is 36.9 Å². The van der Waals surface area contributed by atoms with Gasteiger partial charge in [-0.1, -0.05) is 18.6 Å². The number of piperidine rings is 1. The van der Waals surface area contributed by atoms with Gasteiger partial charge < -0.3 is 4.74 Å². The van der Waals surface area contributed by atoms with Crippen molar-refractivity contribution >= 4 is 6.29 Å². The number of nitrogens with zero attached hydrogens (tertiary/aromatic N) is 1. The van der Waals surface area contributed by atoms with Gasteiger partial charge in [0.25, 0.3) is 0 Å². The highest BCUT2D eigenvalue weighted by Gasteiger charge is 2.17. The molecule has 0 N–H and O–H groups in total. The van der Waals surface area contributed by atoms with Gasteiger partial charge in [-0.3, -0.25) is 9.69 Å². The molecule has 1 aromatic rings. The minimum Gasteiger partial charge on any atom is -0.492 e. The van der Waals surface area contributed by atoms with Gasteiger partial charge >= 0.3 is 0 Å². The first-order valence-electron chi connectivity index (χ1n) is 6.71. The summed E-state index contributed by atoms with van der Waals surface area (Å²) < 4.78 is 5.70. The number of hydrogen-bond donors (Lipinski definition) is 0. The summed E-state index contributed by atoms with van der Waals surface area (Å²) in [4.78, 5) is 13.1. The molecule has 0 amide bonds. The fourth-order valence-corrected chi connectivity index (χ4v) is 2.45. The van der Waals surface area contributed by atoms with Gasteiger partial charge in [0.1, 0.15) is 18.6 Å². The highest BCUT2D eigenvalue weighted by Crippen LogP contribution is 2.16. The summed E-state index contributed by atoms with van der Waals surface area (Å²) in [5, 5.41) is 0. The lowest BCUT2D eigenvalue weighted by Crippen LogP contribution is -2.39. The molecule has 98 valence electrons. The number of benzene rings is 1. The van der Waals surface area contributed by atoms with E-state index in [4.69, 9.17) is 4.74 Å². The van der Waals surface area contributed by atoms with Gasteiger partial charge in [-0.25, -0.2) is 0 Å². The molecule has 18 heavy (non-hydrogen) atoms. The molecule has 1 aromatic carbocycles. The lowest BCUT2D eigenvalue weighted by Gasteiger charge is -2.33. The molecule has 0 radical (unpaired) electrons. The zero-order valence-corrected chi connectivity index (χ0v) is 11.0. The van der Waals surface area contributed by atoms with Gasteiger partial charge in [0.15, 0.2) is 0 Å². The second-order valence-corrected chi connectivity index (χ2v) is 4.92. The van der Waals surface area contributed by atoms with Gasteiger partial charge in [0.2, 0.25) is 0 Å². The molecule has 1 atom stereocenters. The quantitative estimate of drug-likeness (QED) is 0.749. The third-order valence-electron chi connectivity index (χ3n) is 3.58. The van der Waals surface area contributed by atoms with Crippen LogP contribution in [0.15, 0.2) is 24.3 Å². The maximum atomic E-state index is 10.7. The van der Waals surface area contributed by atoms with E-state index in [1.54, 1.807) is 12.1 Å². The van der Waals surface area contributed by atoms with Gasteiger partial charge in [-0.2, -0.15) is 0 Å². The summed E-state index contributed by atoms with van der Waals surface area (Å²) in [5.41, 5.74) is 0.666. The Labute approximate surface area is 109 Å². The number of carbonyl (C=O) groups is 1. The highest BCUT2D eigenvalue weighted by molar-refractivity contribution is 5.75. The Kier molecular flexibility index (Phi) is 4.76. The van der Waals surface area contributed by atoms with E-state index in [0.717, 1.165) is 18.6 Å². The van der Waals surface area contributed by atoms with Crippen molar-refractivity contribution < 1.29 is 9.53 Å². The molecule has 3 heteroatoms. The highest BCUT2D eigenvalue weighted by atomic mass is 16.5. The van der Waals surface area contributed by atoms with Crippen LogP contribution in [0, 0.1) is 0 Å². The average Bonchev–Trinajstić information content (AvgIpc) is 2.41. The van der Waals surface area contributed by atoms with Crippen LogP contribution in [0.4, 0.5) is 0 Å². The van der Waals surface area contributed by atoms with E-state index in [1.807, 2.05) is 12.1 Å². The van der Waals surface area contributed by atoms with E-state index in [1.165, 1.54) is 25.8 Å². The standard InChI is InChI=1S/C15H21NO2/c1-13-5-2-3-8-16(13)9-10-18-15-7-4-6-14(11-15)12-17/h4,6-7,11-13H,2-3,5,8-10H2,1H3. The molecule has 1 unspecified atom stereocenters. The number of likely N-dealkylation sites (tertiary alicyclic amines) is 1. The molecule has 0 saturated carbocycles. The fourth-order valence-electron chi connectivity index (χ4n) is 2.45. The number of hydrogen-bond acceptors (Lipinski definition) is 3. The van der Waals surface area contributed by atoms with Crippen molar-refractivity contribution in [2.24, 2.45) is 0 Å². The maximum Gasteiger partial charge on any atom is 0.150 e. The minimum absolute atomic E-state index is 0.666. The van der Waals surface area contributed by atoms with Crippen molar-refractivity contribution in [2.75, 3.05) is 19.7 Å². The maximum absolute atomic E-state index is 10.7. The smallest absolute Gasteiger partial charge is 0.150 e. The Morgan fingerprint density at radius 2 is 2.33 bits per heavy atom. The lowest BCUT2D eigenvalue weighted by atomic mass is 10.0. The monoisotopic (exact) mass is 247 g/mol. The predicted octanol–water partition coefficient (Wildman–Crippen LogP) is 2.75. The molecule has 1 saturated heterocycles. The van der Waals surface area contributed by atoms with Crippen molar-refractivity contribution in [2.45, 2.75) is 32.2 Å². The van der Waals surface area contributed by atoms with Gasteiger partial charge in [0.05, 0.1) is 0 Å². The zero-order valence-electron chi connectivity index (χ0n) is 11.0. The molecule has 0 spiro atoms. The summed E-state index contributed by atoms with van der Waals surface area (Å²) in [6, 6.07) is 7.98. The Balaban J connectivity index is 1.78. The average molecular weight is 247 g/mol. The van der Waals surface area contributed by atoms with E-state index >= 15 is 0 Å². The van der Waals surface area contributed by atoms with Crippen LogP contribution in [0.1, 0.15) is 36.5 Å². The molecule has 0 aliphatic carbocycles. The van der Waals surface area contributed by atoms with Crippen LogP contribution in [-0.2, 0) is 0 Å². The van der Waals surface area contributed by atoms with E-state index in [9.17, 15) is 4.79 Å². The topological polar surface area (TPSA) is 29.5 Å². The van der Waals surface area contributed by atoms with Crippen LogP contribution in [0.5, 0.6) is 5.75 Å². The SMILES string of the molecule is CC1CCCCN1CCOc1cccc(C=O)c1. The summed E-state index contributed by atoms with van der Waals surface area (Å²) in [5.74, 6) is 0.782. The molecule has 3 nitrogen and oxygen atoms in total. The molecule has 1 fully saturated rings. The van der Waals surface area contributed by atoms with Crippen LogP contribution < -0.4 is 4.74 Å². The Morgan fingerprint density at radius 3 is 3.11 bits per heavy atom. The van der Waals surface area contributed by atoms with Gasteiger partial charge in [0, 0.05) is 18.2 Å². The zero-order chi connectivity index (χ0) is 12.8. The third kappa shape index (κ3) is 3.57. The normalized spacial score (nSPS) is 20.6. The van der Waals surface area contributed by atoms with E-state index in [-0.39, 0.29) is 0 Å². The first-order chi connectivity index (χ1) is 8.79. The third-order valence-corrected chi connectivity index (χ3v) is 3.58.